The zero-order valence-electron chi connectivity index (χ0n) is 11.8. The summed E-state index contributed by atoms with van der Waals surface area (Å²) in [5, 5.41) is 31.9. The van der Waals surface area contributed by atoms with Gasteiger partial charge in [-0.1, -0.05) is 6.92 Å². The van der Waals surface area contributed by atoms with Crippen molar-refractivity contribution in [1.29, 1.82) is 0 Å². The summed E-state index contributed by atoms with van der Waals surface area (Å²) < 4.78 is 0. The lowest BCUT2D eigenvalue weighted by molar-refractivity contribution is -0.394. The molecule has 1 saturated carbocycles. The Bertz CT molecular complexity index is 560. The zero-order chi connectivity index (χ0) is 15.6. The summed E-state index contributed by atoms with van der Waals surface area (Å²) in [6.07, 6.45) is 2.39. The maximum absolute atomic E-state index is 11.1. The minimum Gasteiger partial charge on any atom is -0.393 e. The standard InChI is InChI=1S/C14H18N2O5/c1-9-2-5-14(17)11(6-9)7-10-3-4-12(15(18)19)8-13(10)16(20)21/h3-4,8-9,11,14,17H,2,5-7H2,1H3. The van der Waals surface area contributed by atoms with Gasteiger partial charge < -0.3 is 5.11 Å². The highest BCUT2D eigenvalue weighted by molar-refractivity contribution is 5.49. The van der Waals surface area contributed by atoms with Crippen molar-refractivity contribution < 1.29 is 15.0 Å². The van der Waals surface area contributed by atoms with Crippen molar-refractivity contribution in [3.63, 3.8) is 0 Å². The normalized spacial score (nSPS) is 25.5. The highest BCUT2D eigenvalue weighted by Gasteiger charge is 2.30. The van der Waals surface area contributed by atoms with Gasteiger partial charge in [0.05, 0.1) is 22.0 Å². The van der Waals surface area contributed by atoms with E-state index in [4.69, 9.17) is 0 Å². The first-order chi connectivity index (χ1) is 9.88. The number of aliphatic hydroxyl groups is 1. The Morgan fingerprint density at radius 1 is 1.24 bits per heavy atom. The lowest BCUT2D eigenvalue weighted by atomic mass is 9.77. The number of nitrogens with zero attached hydrogens (tertiary/aromatic N) is 2. The first kappa shape index (κ1) is 15.4. The van der Waals surface area contributed by atoms with E-state index in [9.17, 15) is 25.3 Å². The molecular formula is C14H18N2O5. The average Bonchev–Trinajstić information content (AvgIpc) is 2.42. The van der Waals surface area contributed by atoms with Crippen LogP contribution in [0.5, 0.6) is 0 Å². The summed E-state index contributed by atoms with van der Waals surface area (Å²) in [4.78, 5) is 20.6. The smallest absolute Gasteiger partial charge is 0.279 e. The first-order valence-corrected chi connectivity index (χ1v) is 6.98. The lowest BCUT2D eigenvalue weighted by Crippen LogP contribution is -2.29. The van der Waals surface area contributed by atoms with Crippen LogP contribution in [0.4, 0.5) is 11.4 Å². The molecule has 1 aromatic rings. The van der Waals surface area contributed by atoms with Crippen LogP contribution in [0.25, 0.3) is 0 Å². The summed E-state index contributed by atoms with van der Waals surface area (Å²) in [7, 11) is 0. The average molecular weight is 294 g/mol. The molecule has 114 valence electrons. The van der Waals surface area contributed by atoms with Crippen molar-refractivity contribution in [2.75, 3.05) is 0 Å². The van der Waals surface area contributed by atoms with Gasteiger partial charge in [0.1, 0.15) is 0 Å². The van der Waals surface area contributed by atoms with Crippen molar-refractivity contribution in [3.8, 4) is 0 Å². The summed E-state index contributed by atoms with van der Waals surface area (Å²) in [5.41, 5.74) is -0.0820. The van der Waals surface area contributed by atoms with Gasteiger partial charge in [-0.3, -0.25) is 20.2 Å². The second kappa shape index (κ2) is 6.17. The van der Waals surface area contributed by atoms with Crippen LogP contribution in [-0.4, -0.2) is 21.1 Å². The molecule has 0 heterocycles. The van der Waals surface area contributed by atoms with E-state index < -0.39 is 16.0 Å². The van der Waals surface area contributed by atoms with Gasteiger partial charge in [-0.15, -0.1) is 0 Å². The Morgan fingerprint density at radius 3 is 2.57 bits per heavy atom. The third kappa shape index (κ3) is 3.55. The second-order valence-corrected chi connectivity index (χ2v) is 5.78. The molecule has 0 aliphatic heterocycles. The molecule has 1 fully saturated rings. The molecule has 0 aromatic heterocycles. The maximum atomic E-state index is 11.1. The molecule has 0 radical (unpaired) electrons. The van der Waals surface area contributed by atoms with E-state index in [1.165, 1.54) is 12.1 Å². The number of hydrogen-bond donors (Lipinski definition) is 1. The minimum atomic E-state index is -0.645. The van der Waals surface area contributed by atoms with Gasteiger partial charge in [-0.25, -0.2) is 0 Å². The SMILES string of the molecule is CC1CCC(O)C(Cc2ccc([N+](=O)[O-])cc2[N+](=O)[O-])C1. The molecular weight excluding hydrogens is 276 g/mol. The first-order valence-electron chi connectivity index (χ1n) is 6.98. The minimum absolute atomic E-state index is 0.0334. The Morgan fingerprint density at radius 2 is 1.95 bits per heavy atom. The van der Waals surface area contributed by atoms with E-state index in [2.05, 4.69) is 6.92 Å². The van der Waals surface area contributed by atoms with Crippen molar-refractivity contribution in [3.05, 3.63) is 44.0 Å². The highest BCUT2D eigenvalue weighted by atomic mass is 16.6. The summed E-state index contributed by atoms with van der Waals surface area (Å²) >= 11 is 0. The van der Waals surface area contributed by atoms with Gasteiger partial charge in [0.2, 0.25) is 0 Å². The van der Waals surface area contributed by atoms with Crippen LogP contribution in [0.2, 0.25) is 0 Å². The highest BCUT2D eigenvalue weighted by Crippen LogP contribution is 2.34. The van der Waals surface area contributed by atoms with E-state index in [0.29, 0.717) is 24.3 Å². The summed E-state index contributed by atoms with van der Waals surface area (Å²) in [6, 6.07) is 3.71. The summed E-state index contributed by atoms with van der Waals surface area (Å²) in [5.74, 6) is 0.449. The molecule has 1 aliphatic carbocycles. The molecule has 3 atom stereocenters. The van der Waals surface area contributed by atoms with E-state index in [1.54, 1.807) is 0 Å². The molecule has 0 spiro atoms. The van der Waals surface area contributed by atoms with Gasteiger partial charge in [0, 0.05) is 11.6 Å². The number of non-ortho nitro benzene ring substituents is 1. The predicted molar refractivity (Wildman–Crippen MR) is 76.0 cm³/mol. The molecule has 1 N–H and O–H groups in total. The molecule has 7 nitrogen and oxygen atoms in total. The van der Waals surface area contributed by atoms with Gasteiger partial charge in [-0.05, 0) is 43.6 Å². The Balaban J connectivity index is 2.26. The molecule has 2 rings (SSSR count). The predicted octanol–water partition coefficient (Wildman–Crippen LogP) is 2.84. The van der Waals surface area contributed by atoms with Crippen LogP contribution in [0.15, 0.2) is 18.2 Å². The number of rotatable bonds is 4. The Hall–Kier alpha value is -2.02. The number of hydrogen-bond acceptors (Lipinski definition) is 5. The number of benzene rings is 1. The topological polar surface area (TPSA) is 107 Å². The molecule has 0 amide bonds. The van der Waals surface area contributed by atoms with Crippen molar-refractivity contribution in [2.24, 2.45) is 11.8 Å². The number of nitro benzene ring substituents is 2. The van der Waals surface area contributed by atoms with Gasteiger partial charge >= 0.3 is 0 Å². The van der Waals surface area contributed by atoms with Gasteiger partial charge in [0.25, 0.3) is 11.4 Å². The monoisotopic (exact) mass is 294 g/mol. The maximum Gasteiger partial charge on any atom is 0.279 e. The van der Waals surface area contributed by atoms with Crippen molar-refractivity contribution in [2.45, 2.75) is 38.7 Å². The van der Waals surface area contributed by atoms with Crippen LogP contribution in [0.3, 0.4) is 0 Å². The Labute approximate surface area is 121 Å². The molecule has 3 unspecified atom stereocenters. The van der Waals surface area contributed by atoms with E-state index in [-0.39, 0.29) is 17.3 Å². The fourth-order valence-electron chi connectivity index (χ4n) is 2.99. The summed E-state index contributed by atoms with van der Waals surface area (Å²) in [6.45, 7) is 2.10. The fourth-order valence-corrected chi connectivity index (χ4v) is 2.99. The van der Waals surface area contributed by atoms with Crippen LogP contribution in [-0.2, 0) is 6.42 Å². The van der Waals surface area contributed by atoms with E-state index in [0.717, 1.165) is 18.9 Å². The zero-order valence-corrected chi connectivity index (χ0v) is 11.8. The van der Waals surface area contributed by atoms with Crippen LogP contribution < -0.4 is 0 Å². The van der Waals surface area contributed by atoms with E-state index >= 15 is 0 Å². The van der Waals surface area contributed by atoms with E-state index in [1.807, 2.05) is 0 Å². The lowest BCUT2D eigenvalue weighted by Gasteiger charge is -2.31. The molecule has 1 aromatic carbocycles. The molecule has 0 saturated heterocycles. The van der Waals surface area contributed by atoms with Crippen LogP contribution >= 0.6 is 0 Å². The molecule has 21 heavy (non-hydrogen) atoms. The number of nitro groups is 2. The molecule has 0 bridgehead atoms. The van der Waals surface area contributed by atoms with Gasteiger partial charge in [0.15, 0.2) is 0 Å². The van der Waals surface area contributed by atoms with Crippen molar-refractivity contribution in [1.82, 2.24) is 0 Å². The molecule has 1 aliphatic rings. The second-order valence-electron chi connectivity index (χ2n) is 5.78. The third-order valence-electron chi connectivity index (χ3n) is 4.16. The quantitative estimate of drug-likeness (QED) is 0.678. The Kier molecular flexibility index (Phi) is 4.52. The van der Waals surface area contributed by atoms with Crippen molar-refractivity contribution >= 4 is 11.4 Å². The number of aliphatic hydroxyl groups excluding tert-OH is 1. The fraction of sp³-hybridized carbons (Fsp3) is 0.571. The molecule has 7 heteroatoms. The van der Waals surface area contributed by atoms with Crippen LogP contribution in [0, 0.1) is 32.1 Å². The van der Waals surface area contributed by atoms with Gasteiger partial charge in [-0.2, -0.15) is 0 Å². The van der Waals surface area contributed by atoms with Crippen LogP contribution in [0.1, 0.15) is 31.7 Å². The largest absolute Gasteiger partial charge is 0.393 e. The third-order valence-corrected chi connectivity index (χ3v) is 4.16.